The fourth-order valence-electron chi connectivity index (χ4n) is 2.97. The number of nitrogens with zero attached hydrogens (tertiary/aromatic N) is 3. The van der Waals surface area contributed by atoms with Gasteiger partial charge in [-0.05, 0) is 23.8 Å². The van der Waals surface area contributed by atoms with Gasteiger partial charge >= 0.3 is 6.18 Å². The van der Waals surface area contributed by atoms with Gasteiger partial charge in [-0.25, -0.2) is 4.98 Å². The molecule has 0 radical (unpaired) electrons. The monoisotopic (exact) mass is 391 g/mol. The van der Waals surface area contributed by atoms with Crippen molar-refractivity contribution < 1.29 is 22.4 Å². The summed E-state index contributed by atoms with van der Waals surface area (Å²) in [6.45, 7) is 2.21. The van der Waals surface area contributed by atoms with Crippen molar-refractivity contribution in [2.45, 2.75) is 39.2 Å². The number of furan rings is 1. The lowest BCUT2D eigenvalue weighted by Gasteiger charge is -2.22. The Morgan fingerprint density at radius 2 is 1.96 bits per heavy atom. The van der Waals surface area contributed by atoms with Crippen LogP contribution in [0.15, 0.2) is 59.5 Å². The first-order valence-corrected chi connectivity index (χ1v) is 8.83. The molecule has 0 atom stereocenters. The van der Waals surface area contributed by atoms with Crippen LogP contribution in [0.1, 0.15) is 36.1 Å². The highest BCUT2D eigenvalue weighted by atomic mass is 19.4. The van der Waals surface area contributed by atoms with Gasteiger partial charge in [-0.3, -0.25) is 4.79 Å². The Labute approximate surface area is 160 Å². The Kier molecular flexibility index (Phi) is 5.87. The summed E-state index contributed by atoms with van der Waals surface area (Å²) in [5.74, 6) is 1.04. The zero-order valence-corrected chi connectivity index (χ0v) is 15.3. The SMILES string of the molecule is CCC(=O)N(Cc1ccco1)Cc1nccn1Cc1ccccc1C(F)(F)F. The van der Waals surface area contributed by atoms with E-state index in [1.165, 1.54) is 24.6 Å². The van der Waals surface area contributed by atoms with Crippen LogP contribution < -0.4 is 0 Å². The highest BCUT2D eigenvalue weighted by Gasteiger charge is 2.33. The van der Waals surface area contributed by atoms with Crippen LogP contribution in [0.5, 0.6) is 0 Å². The van der Waals surface area contributed by atoms with E-state index in [0.29, 0.717) is 18.0 Å². The Morgan fingerprint density at radius 1 is 1.18 bits per heavy atom. The maximum Gasteiger partial charge on any atom is 0.416 e. The Hall–Kier alpha value is -3.03. The van der Waals surface area contributed by atoms with Crippen molar-refractivity contribution in [3.63, 3.8) is 0 Å². The molecule has 2 aromatic heterocycles. The van der Waals surface area contributed by atoms with Crippen molar-refractivity contribution in [1.29, 1.82) is 0 Å². The van der Waals surface area contributed by atoms with Gasteiger partial charge in [-0.15, -0.1) is 0 Å². The minimum Gasteiger partial charge on any atom is -0.467 e. The highest BCUT2D eigenvalue weighted by molar-refractivity contribution is 5.75. The van der Waals surface area contributed by atoms with Crippen molar-refractivity contribution in [2.75, 3.05) is 0 Å². The third kappa shape index (κ3) is 4.62. The normalized spacial score (nSPS) is 11.6. The molecule has 0 aliphatic carbocycles. The van der Waals surface area contributed by atoms with Crippen molar-refractivity contribution >= 4 is 5.91 Å². The van der Waals surface area contributed by atoms with Gasteiger partial charge in [-0.2, -0.15) is 13.2 Å². The molecule has 0 bridgehead atoms. The summed E-state index contributed by atoms with van der Waals surface area (Å²) in [5, 5.41) is 0. The van der Waals surface area contributed by atoms with E-state index in [0.717, 1.165) is 6.07 Å². The number of amides is 1. The minimum absolute atomic E-state index is 0.0138. The molecule has 2 heterocycles. The number of alkyl halides is 3. The van der Waals surface area contributed by atoms with E-state index < -0.39 is 11.7 Å². The zero-order valence-electron chi connectivity index (χ0n) is 15.3. The smallest absolute Gasteiger partial charge is 0.416 e. The second-order valence-corrected chi connectivity index (χ2v) is 6.31. The van der Waals surface area contributed by atoms with Crippen LogP contribution in [0.2, 0.25) is 0 Å². The Morgan fingerprint density at radius 3 is 2.64 bits per heavy atom. The fraction of sp³-hybridized carbons (Fsp3) is 0.300. The van der Waals surface area contributed by atoms with Crippen molar-refractivity contribution in [2.24, 2.45) is 0 Å². The van der Waals surface area contributed by atoms with E-state index in [9.17, 15) is 18.0 Å². The lowest BCUT2D eigenvalue weighted by Crippen LogP contribution is -2.30. The molecular weight excluding hydrogens is 371 g/mol. The number of benzene rings is 1. The fourth-order valence-corrected chi connectivity index (χ4v) is 2.97. The van der Waals surface area contributed by atoms with E-state index in [4.69, 9.17) is 4.42 Å². The molecule has 0 unspecified atom stereocenters. The number of aromatic nitrogens is 2. The zero-order chi connectivity index (χ0) is 20.1. The van der Waals surface area contributed by atoms with Crippen molar-refractivity contribution in [1.82, 2.24) is 14.5 Å². The van der Waals surface area contributed by atoms with Gasteiger partial charge in [-0.1, -0.05) is 25.1 Å². The summed E-state index contributed by atoms with van der Waals surface area (Å²) in [6, 6.07) is 8.96. The molecule has 5 nitrogen and oxygen atoms in total. The van der Waals surface area contributed by atoms with E-state index in [2.05, 4.69) is 4.98 Å². The van der Waals surface area contributed by atoms with Crippen LogP contribution >= 0.6 is 0 Å². The molecule has 0 saturated heterocycles. The molecule has 0 fully saturated rings. The number of rotatable bonds is 7. The molecule has 3 aromatic rings. The molecule has 0 saturated carbocycles. The van der Waals surface area contributed by atoms with E-state index in [1.54, 1.807) is 40.8 Å². The van der Waals surface area contributed by atoms with E-state index in [-0.39, 0.29) is 31.1 Å². The van der Waals surface area contributed by atoms with Crippen LogP contribution in [-0.2, 0) is 30.6 Å². The lowest BCUT2D eigenvalue weighted by molar-refractivity contribution is -0.138. The molecular formula is C20H20F3N3O2. The summed E-state index contributed by atoms with van der Waals surface area (Å²) in [6.07, 6.45) is 0.537. The number of hydrogen-bond acceptors (Lipinski definition) is 3. The predicted molar refractivity (Wildman–Crippen MR) is 96.0 cm³/mol. The first-order valence-electron chi connectivity index (χ1n) is 8.83. The van der Waals surface area contributed by atoms with Crippen LogP contribution in [0.4, 0.5) is 13.2 Å². The van der Waals surface area contributed by atoms with Crippen LogP contribution in [0.25, 0.3) is 0 Å². The quantitative estimate of drug-likeness (QED) is 0.597. The second kappa shape index (κ2) is 8.33. The minimum atomic E-state index is -4.43. The first kappa shape index (κ1) is 19.7. The number of imidazole rings is 1. The van der Waals surface area contributed by atoms with Crippen molar-refractivity contribution in [3.8, 4) is 0 Å². The number of hydrogen-bond donors (Lipinski definition) is 0. The maximum atomic E-state index is 13.3. The standard InChI is InChI=1S/C20H20F3N3O2/c1-2-19(27)26(13-16-7-5-11-28-16)14-18-24-9-10-25(18)12-15-6-3-4-8-17(15)20(21,22)23/h3-11H,2,12-14H2,1H3. The number of carbonyl (C=O) groups excluding carboxylic acids is 1. The molecule has 0 aliphatic rings. The van der Waals surface area contributed by atoms with Crippen LogP contribution in [0, 0.1) is 0 Å². The number of carbonyl (C=O) groups is 1. The van der Waals surface area contributed by atoms with Crippen LogP contribution in [0.3, 0.4) is 0 Å². The summed E-state index contributed by atoms with van der Waals surface area (Å²) in [7, 11) is 0. The van der Waals surface area contributed by atoms with Gasteiger partial charge in [0.25, 0.3) is 0 Å². The second-order valence-electron chi connectivity index (χ2n) is 6.31. The van der Waals surface area contributed by atoms with Gasteiger partial charge in [0, 0.05) is 25.4 Å². The molecule has 1 amide bonds. The molecule has 0 spiro atoms. The predicted octanol–water partition coefficient (Wildman–Crippen LogP) is 4.48. The van der Waals surface area contributed by atoms with Gasteiger partial charge in [0.05, 0.1) is 24.9 Å². The average Bonchev–Trinajstić information content (AvgIpc) is 3.32. The molecule has 148 valence electrons. The summed E-state index contributed by atoms with van der Waals surface area (Å²) in [4.78, 5) is 18.1. The molecule has 28 heavy (non-hydrogen) atoms. The summed E-state index contributed by atoms with van der Waals surface area (Å²) >= 11 is 0. The van der Waals surface area contributed by atoms with Crippen molar-refractivity contribution in [3.05, 3.63) is 77.8 Å². The Bertz CT molecular complexity index is 917. The Balaban J connectivity index is 1.82. The first-order chi connectivity index (χ1) is 13.4. The van der Waals surface area contributed by atoms with Gasteiger partial charge in [0.15, 0.2) is 0 Å². The van der Waals surface area contributed by atoms with Gasteiger partial charge in [0.2, 0.25) is 5.91 Å². The lowest BCUT2D eigenvalue weighted by atomic mass is 10.1. The largest absolute Gasteiger partial charge is 0.467 e. The molecule has 0 aliphatic heterocycles. The third-order valence-electron chi connectivity index (χ3n) is 4.38. The number of halogens is 3. The van der Waals surface area contributed by atoms with E-state index >= 15 is 0 Å². The van der Waals surface area contributed by atoms with Gasteiger partial charge in [0.1, 0.15) is 11.6 Å². The highest BCUT2D eigenvalue weighted by Crippen LogP contribution is 2.32. The molecule has 0 N–H and O–H groups in total. The molecule has 3 rings (SSSR count). The summed E-state index contributed by atoms with van der Waals surface area (Å²) < 4.78 is 46.7. The molecule has 1 aromatic carbocycles. The molecule has 8 heteroatoms. The topological polar surface area (TPSA) is 51.3 Å². The third-order valence-corrected chi connectivity index (χ3v) is 4.38. The average molecular weight is 391 g/mol. The van der Waals surface area contributed by atoms with E-state index in [1.807, 2.05) is 0 Å². The summed E-state index contributed by atoms with van der Waals surface area (Å²) in [5.41, 5.74) is -0.527. The maximum absolute atomic E-state index is 13.3. The van der Waals surface area contributed by atoms with Crippen LogP contribution in [-0.4, -0.2) is 20.4 Å². The van der Waals surface area contributed by atoms with Gasteiger partial charge < -0.3 is 13.9 Å².